The molecule has 0 saturated carbocycles. The summed E-state index contributed by atoms with van der Waals surface area (Å²) in [4.78, 5) is 31.2. The van der Waals surface area contributed by atoms with Crippen molar-refractivity contribution in [3.8, 4) is 112 Å². The van der Waals surface area contributed by atoms with Crippen LogP contribution in [0, 0.1) is 0 Å². The molecule has 0 radical (unpaired) electrons. The summed E-state index contributed by atoms with van der Waals surface area (Å²) in [6.45, 7) is 13.9. The van der Waals surface area contributed by atoms with Crippen LogP contribution in [0.15, 0.2) is 388 Å². The van der Waals surface area contributed by atoms with Crippen molar-refractivity contribution in [2.24, 2.45) is 0 Å². The van der Waals surface area contributed by atoms with Crippen LogP contribution in [0.5, 0.6) is 0 Å². The molecule has 0 amide bonds. The molecule has 0 bridgehead atoms. The molecule has 0 spiro atoms. The van der Waals surface area contributed by atoms with Gasteiger partial charge in [0, 0.05) is 55.0 Å². The number of fused-ring (bicyclic) bond motifs is 22. The Morgan fingerprint density at radius 3 is 0.951 bits per heavy atom. The normalized spacial score (nSPS) is 13.5. The van der Waals surface area contributed by atoms with Crippen molar-refractivity contribution in [3.63, 3.8) is 0 Å². The van der Waals surface area contributed by atoms with Gasteiger partial charge in [-0.1, -0.05) is 363 Å². The van der Waals surface area contributed by atoms with Gasteiger partial charge in [0.15, 0.2) is 5.82 Å². The molecule has 3 aliphatic carbocycles. The maximum Gasteiger partial charge on any atom is 0.160 e. The van der Waals surface area contributed by atoms with Gasteiger partial charge in [0.05, 0.1) is 56.1 Å². The average Bonchev–Trinajstić information content (AvgIpc) is 1.47. The van der Waals surface area contributed by atoms with Crippen LogP contribution in [0.4, 0.5) is 0 Å². The van der Waals surface area contributed by atoms with Gasteiger partial charge in [-0.3, -0.25) is 0 Å². The maximum absolute atomic E-state index is 5.28. The van der Waals surface area contributed by atoms with Crippen LogP contribution in [0.3, 0.4) is 0 Å². The zero-order valence-electron chi connectivity index (χ0n) is 69.1. The van der Waals surface area contributed by atoms with E-state index in [4.69, 9.17) is 29.9 Å². The van der Waals surface area contributed by atoms with E-state index >= 15 is 0 Å². The first kappa shape index (κ1) is 72.9. The summed E-state index contributed by atoms with van der Waals surface area (Å²) in [5.41, 5.74) is 33.9. The summed E-state index contributed by atoms with van der Waals surface area (Å²) in [7, 11) is 0. The monoisotopic (exact) mass is 1570 g/mol. The number of hydrogen-bond acceptors (Lipinski definition) is 6. The van der Waals surface area contributed by atoms with Crippen molar-refractivity contribution < 1.29 is 0 Å². The molecule has 3 heterocycles. The Morgan fingerprint density at radius 2 is 0.455 bits per heavy atom. The lowest BCUT2D eigenvalue weighted by Crippen LogP contribution is -2.15. The van der Waals surface area contributed by atoms with E-state index in [2.05, 4.69) is 393 Å². The Bertz CT molecular complexity index is 8140. The van der Waals surface area contributed by atoms with E-state index in [0.29, 0.717) is 0 Å². The Hall–Kier alpha value is -15.2. The minimum atomic E-state index is -0.0880. The van der Waals surface area contributed by atoms with Gasteiger partial charge in [-0.15, -0.1) is 0 Å². The molecule has 0 fully saturated rings. The van der Waals surface area contributed by atoms with E-state index in [-0.39, 0.29) is 16.2 Å². The first-order valence-electron chi connectivity index (χ1n) is 42.6. The van der Waals surface area contributed by atoms with E-state index in [1.54, 1.807) is 0 Å². The number of para-hydroxylation sites is 5. The molecular formula is C117H82N6. The molecule has 3 aliphatic rings. The topological polar surface area (TPSA) is 77.3 Å². The number of nitrogens with zero attached hydrogens (tertiary/aromatic N) is 6. The van der Waals surface area contributed by atoms with Gasteiger partial charge in [-0.25, -0.2) is 29.9 Å². The zero-order chi connectivity index (χ0) is 82.4. The third-order valence-corrected chi connectivity index (χ3v) is 26.6. The quantitative estimate of drug-likeness (QED) is 0.148. The van der Waals surface area contributed by atoms with E-state index in [1.807, 2.05) is 36.4 Å². The number of rotatable bonds is 7. The van der Waals surface area contributed by atoms with Crippen LogP contribution in [-0.4, -0.2) is 29.9 Å². The second-order valence-electron chi connectivity index (χ2n) is 34.7. The second kappa shape index (κ2) is 28.5. The van der Waals surface area contributed by atoms with Gasteiger partial charge in [0.25, 0.3) is 0 Å². The SMILES string of the molecule is CC1(C)c2ccccc2-c2ccc(-c3nc(-c4ccc(-c5ccc6ccccc6c5)cc4)nc4ccccc34)cc21.CC1(C)c2ccccc2-c2ccc(-c3nc4ccccc4nc3-c3ccc4c(ccc5ccccc54)c3)cc21.CC1(C)c2ccccc2-c2ccc(-c3nc4ccccc4nc3-c3ccc4c5ccccc5c5ccccc5c4c3)cc21. The molecule has 25 rings (SSSR count). The highest BCUT2D eigenvalue weighted by molar-refractivity contribution is 6.26. The van der Waals surface area contributed by atoms with Crippen LogP contribution >= 0.6 is 0 Å². The van der Waals surface area contributed by atoms with Gasteiger partial charge in [0.2, 0.25) is 0 Å². The van der Waals surface area contributed by atoms with Gasteiger partial charge in [-0.2, -0.15) is 0 Å². The Morgan fingerprint density at radius 1 is 0.154 bits per heavy atom. The fourth-order valence-electron chi connectivity index (χ4n) is 20.2. The number of aromatic nitrogens is 6. The van der Waals surface area contributed by atoms with Crippen LogP contribution in [0.2, 0.25) is 0 Å². The fraction of sp³-hybridized carbons (Fsp3) is 0.0769. The molecule has 123 heavy (non-hydrogen) atoms. The number of hydrogen-bond donors (Lipinski definition) is 0. The summed E-state index contributed by atoms with van der Waals surface area (Å²) in [5.74, 6) is 0.742. The molecule has 0 N–H and O–H groups in total. The third-order valence-electron chi connectivity index (χ3n) is 26.6. The predicted molar refractivity (Wildman–Crippen MR) is 514 cm³/mol. The average molecular weight is 1570 g/mol. The molecule has 3 aromatic heterocycles. The van der Waals surface area contributed by atoms with Crippen molar-refractivity contribution in [2.75, 3.05) is 0 Å². The molecule has 6 nitrogen and oxygen atoms in total. The lowest BCUT2D eigenvalue weighted by atomic mass is 9.81. The van der Waals surface area contributed by atoms with Gasteiger partial charge < -0.3 is 0 Å². The van der Waals surface area contributed by atoms with Crippen molar-refractivity contribution >= 4 is 97.6 Å². The van der Waals surface area contributed by atoms with E-state index in [0.717, 1.165) is 101 Å². The van der Waals surface area contributed by atoms with E-state index in [9.17, 15) is 0 Å². The third kappa shape index (κ3) is 12.1. The first-order chi connectivity index (χ1) is 60.2. The van der Waals surface area contributed by atoms with Crippen molar-refractivity contribution in [3.05, 3.63) is 422 Å². The van der Waals surface area contributed by atoms with Crippen LogP contribution in [0.1, 0.15) is 74.9 Å². The lowest BCUT2D eigenvalue weighted by molar-refractivity contribution is 0.660. The molecule has 19 aromatic carbocycles. The largest absolute Gasteiger partial charge is 0.244 e. The van der Waals surface area contributed by atoms with E-state index in [1.165, 1.54) is 143 Å². The minimum Gasteiger partial charge on any atom is -0.244 e. The Kier molecular flexibility index (Phi) is 16.9. The zero-order valence-corrected chi connectivity index (χ0v) is 69.1. The molecule has 6 heteroatoms. The van der Waals surface area contributed by atoms with E-state index < -0.39 is 0 Å². The summed E-state index contributed by atoms with van der Waals surface area (Å²) < 4.78 is 0. The molecule has 22 aromatic rings. The lowest BCUT2D eigenvalue weighted by Gasteiger charge is -2.22. The fourth-order valence-corrected chi connectivity index (χ4v) is 20.2. The van der Waals surface area contributed by atoms with Gasteiger partial charge in [-0.05, 0) is 209 Å². The number of benzene rings is 19. The van der Waals surface area contributed by atoms with Crippen molar-refractivity contribution in [1.82, 2.24) is 29.9 Å². The first-order valence-corrected chi connectivity index (χ1v) is 42.6. The van der Waals surface area contributed by atoms with Crippen LogP contribution < -0.4 is 0 Å². The molecule has 580 valence electrons. The molecule has 0 unspecified atom stereocenters. The molecule has 0 saturated heterocycles. The van der Waals surface area contributed by atoms with Crippen molar-refractivity contribution in [2.45, 2.75) is 57.8 Å². The smallest absolute Gasteiger partial charge is 0.160 e. The molecule has 0 aliphatic heterocycles. The van der Waals surface area contributed by atoms with Gasteiger partial charge >= 0.3 is 0 Å². The highest BCUT2D eigenvalue weighted by Gasteiger charge is 2.39. The second-order valence-corrected chi connectivity index (χ2v) is 34.7. The van der Waals surface area contributed by atoms with Gasteiger partial charge in [0.1, 0.15) is 0 Å². The Labute approximate surface area is 714 Å². The standard InChI is InChI=1S/C41H28N2.C39H28N2.C37H26N2/c1-41(2)35-16-8-7-15-32(35)33-22-20-26(24-36(33)41)40-39(42-37-17-9-10-18-38(37)43-40)25-19-21-31-29-13-4-3-11-27(29)28-12-5-6-14-30(28)34(31)23-25;1-39(2)34-13-7-5-11-31(34)32-22-21-30(24-35(32)39)37-33-12-6-8-14-36(33)40-38(41-37)27-18-15-26(16-19-27)29-20-17-25-9-3-4-10-28(25)23-29;1-37(2)31-12-6-5-11-29(31)30-20-18-26(22-32(30)37)36-35(38-33-13-7-8-14-34(33)39-36)25-17-19-28-24(21-25)16-15-23-9-3-4-10-27(23)28/h3-24H,1-2H3;3-24H,1-2H3;3-22H,1-2H3. The summed E-state index contributed by atoms with van der Waals surface area (Å²) in [6, 6.07) is 139. The molecular weight excluding hydrogens is 1490 g/mol. The van der Waals surface area contributed by atoms with Crippen LogP contribution in [-0.2, 0) is 16.2 Å². The maximum atomic E-state index is 5.28. The predicted octanol–water partition coefficient (Wildman–Crippen LogP) is 30.4. The molecule has 0 atom stereocenters. The minimum absolute atomic E-state index is 0.0633. The highest BCUT2D eigenvalue weighted by Crippen LogP contribution is 2.54. The van der Waals surface area contributed by atoms with Crippen molar-refractivity contribution in [1.29, 1.82) is 0 Å². The Balaban J connectivity index is 0.000000107. The van der Waals surface area contributed by atoms with Crippen LogP contribution in [0.25, 0.3) is 210 Å². The summed E-state index contributed by atoms with van der Waals surface area (Å²) in [6.07, 6.45) is 0. The highest BCUT2D eigenvalue weighted by atomic mass is 14.9. The summed E-state index contributed by atoms with van der Waals surface area (Å²) in [5, 5.41) is 16.1. The summed E-state index contributed by atoms with van der Waals surface area (Å²) >= 11 is 0.